The topological polar surface area (TPSA) is 89.0 Å². The molecule has 1 aromatic carbocycles. The Kier molecular flexibility index (Phi) is 4.79. The van der Waals surface area contributed by atoms with Gasteiger partial charge in [0.2, 0.25) is 0 Å². The highest BCUT2D eigenvalue weighted by atomic mass is 35.5. The lowest BCUT2D eigenvalue weighted by Crippen LogP contribution is -2.19. The van der Waals surface area contributed by atoms with Gasteiger partial charge in [-0.25, -0.2) is 14.4 Å². The molecule has 0 atom stereocenters. The van der Waals surface area contributed by atoms with Crippen molar-refractivity contribution >= 4 is 29.0 Å². The number of amides is 1. The second kappa shape index (κ2) is 7.40. The van der Waals surface area contributed by atoms with E-state index in [1.165, 1.54) is 31.4 Å². The Morgan fingerprint density at radius 1 is 1.29 bits per heavy atom. The molecule has 3 heterocycles. The van der Waals surface area contributed by atoms with Gasteiger partial charge >= 0.3 is 0 Å². The van der Waals surface area contributed by atoms with Gasteiger partial charge in [-0.2, -0.15) is 0 Å². The summed E-state index contributed by atoms with van der Waals surface area (Å²) in [5.74, 6) is 0.217. The SMILES string of the molecule is CNC(=O)c1cnccc1Nc1nc(-c2cc(Cl)ccc2F)nc2c1OCC2. The molecule has 1 aliphatic heterocycles. The Labute approximate surface area is 165 Å². The summed E-state index contributed by atoms with van der Waals surface area (Å²) in [5, 5.41) is 6.04. The number of carbonyl (C=O) groups excluding carboxylic acids is 1. The molecule has 0 fully saturated rings. The highest BCUT2D eigenvalue weighted by molar-refractivity contribution is 6.30. The highest BCUT2D eigenvalue weighted by Crippen LogP contribution is 2.36. The van der Waals surface area contributed by atoms with Crippen LogP contribution in [0.2, 0.25) is 5.02 Å². The molecule has 0 unspecified atom stereocenters. The van der Waals surface area contributed by atoms with Crippen molar-refractivity contribution in [1.82, 2.24) is 20.3 Å². The fraction of sp³-hybridized carbons (Fsp3) is 0.158. The fourth-order valence-corrected chi connectivity index (χ4v) is 3.06. The quantitative estimate of drug-likeness (QED) is 0.699. The standard InChI is InChI=1S/C19H15ClFN5O2/c1-22-19(27)12-9-23-6-4-14(12)24-18-16-15(5-7-28-16)25-17(26-18)11-8-10(20)2-3-13(11)21/h2-4,6,8-9H,5,7H2,1H3,(H,22,27)(H,23,24,25,26). The van der Waals surface area contributed by atoms with Crippen LogP contribution in [0.1, 0.15) is 16.1 Å². The third-order valence-electron chi connectivity index (χ3n) is 4.24. The second-order valence-electron chi connectivity index (χ2n) is 6.02. The number of benzene rings is 1. The van der Waals surface area contributed by atoms with Gasteiger partial charge in [0.15, 0.2) is 17.4 Å². The summed E-state index contributed by atoms with van der Waals surface area (Å²) in [6, 6.07) is 5.85. The molecule has 3 aromatic rings. The molecule has 0 bridgehead atoms. The van der Waals surface area contributed by atoms with Crippen LogP contribution in [0.25, 0.3) is 11.4 Å². The van der Waals surface area contributed by atoms with Crippen LogP contribution in [-0.2, 0) is 6.42 Å². The first-order chi connectivity index (χ1) is 13.6. The molecule has 0 radical (unpaired) electrons. The number of pyridine rings is 1. The minimum Gasteiger partial charge on any atom is -0.487 e. The Hall–Kier alpha value is -3.26. The van der Waals surface area contributed by atoms with Crippen molar-refractivity contribution in [3.8, 4) is 17.1 Å². The monoisotopic (exact) mass is 399 g/mol. The first-order valence-corrected chi connectivity index (χ1v) is 8.87. The van der Waals surface area contributed by atoms with Gasteiger partial charge in [-0.05, 0) is 24.3 Å². The number of rotatable bonds is 4. The minimum atomic E-state index is -0.482. The van der Waals surface area contributed by atoms with Crippen molar-refractivity contribution in [3.05, 3.63) is 58.8 Å². The molecular formula is C19H15ClFN5O2. The van der Waals surface area contributed by atoms with Crippen LogP contribution < -0.4 is 15.4 Å². The molecular weight excluding hydrogens is 385 g/mol. The third kappa shape index (κ3) is 3.34. The van der Waals surface area contributed by atoms with E-state index in [-0.39, 0.29) is 17.3 Å². The van der Waals surface area contributed by atoms with Gasteiger partial charge in [-0.15, -0.1) is 0 Å². The summed E-state index contributed by atoms with van der Waals surface area (Å²) in [7, 11) is 1.53. The molecule has 2 aromatic heterocycles. The lowest BCUT2D eigenvalue weighted by atomic mass is 10.2. The molecule has 2 N–H and O–H groups in total. The summed E-state index contributed by atoms with van der Waals surface area (Å²) in [4.78, 5) is 25.0. The van der Waals surface area contributed by atoms with Crippen LogP contribution in [0.3, 0.4) is 0 Å². The zero-order chi connectivity index (χ0) is 19.7. The predicted octanol–water partition coefficient (Wildman–Crippen LogP) is 3.37. The number of aromatic nitrogens is 3. The number of hydrogen-bond donors (Lipinski definition) is 2. The zero-order valence-corrected chi connectivity index (χ0v) is 15.5. The van der Waals surface area contributed by atoms with Gasteiger partial charge in [0.05, 0.1) is 29.1 Å². The largest absolute Gasteiger partial charge is 0.487 e. The average molecular weight is 400 g/mol. The fourth-order valence-electron chi connectivity index (χ4n) is 2.89. The summed E-state index contributed by atoms with van der Waals surface area (Å²) < 4.78 is 20.0. The van der Waals surface area contributed by atoms with E-state index in [2.05, 4.69) is 25.6 Å². The minimum absolute atomic E-state index is 0.183. The van der Waals surface area contributed by atoms with Gasteiger partial charge in [0.1, 0.15) is 5.82 Å². The van der Waals surface area contributed by atoms with Gasteiger partial charge in [-0.1, -0.05) is 11.6 Å². The van der Waals surface area contributed by atoms with Gasteiger partial charge in [-0.3, -0.25) is 9.78 Å². The maximum atomic E-state index is 14.3. The van der Waals surface area contributed by atoms with Crippen molar-refractivity contribution < 1.29 is 13.9 Å². The molecule has 0 saturated carbocycles. The summed E-state index contributed by atoms with van der Waals surface area (Å²) in [6.07, 6.45) is 3.57. The predicted molar refractivity (Wildman–Crippen MR) is 103 cm³/mol. The molecule has 9 heteroatoms. The number of hydrogen-bond acceptors (Lipinski definition) is 6. The van der Waals surface area contributed by atoms with Crippen molar-refractivity contribution in [2.45, 2.75) is 6.42 Å². The van der Waals surface area contributed by atoms with E-state index in [1.807, 2.05) is 0 Å². The number of fused-ring (bicyclic) bond motifs is 1. The number of nitrogens with zero attached hydrogens (tertiary/aromatic N) is 3. The molecule has 0 saturated heterocycles. The smallest absolute Gasteiger partial charge is 0.254 e. The third-order valence-corrected chi connectivity index (χ3v) is 4.47. The molecule has 0 spiro atoms. The van der Waals surface area contributed by atoms with Crippen molar-refractivity contribution in [2.24, 2.45) is 0 Å². The van der Waals surface area contributed by atoms with E-state index < -0.39 is 5.82 Å². The first-order valence-electron chi connectivity index (χ1n) is 8.49. The maximum Gasteiger partial charge on any atom is 0.254 e. The molecule has 4 rings (SSSR count). The average Bonchev–Trinajstić information content (AvgIpc) is 3.18. The van der Waals surface area contributed by atoms with Crippen LogP contribution >= 0.6 is 11.6 Å². The van der Waals surface area contributed by atoms with Crippen molar-refractivity contribution in [2.75, 3.05) is 19.0 Å². The Bertz CT molecular complexity index is 1080. The van der Waals surface area contributed by atoms with E-state index >= 15 is 0 Å². The normalized spacial score (nSPS) is 12.2. The number of carbonyl (C=O) groups is 1. The lowest BCUT2D eigenvalue weighted by molar-refractivity contribution is 0.0963. The number of halogens is 2. The highest BCUT2D eigenvalue weighted by Gasteiger charge is 2.24. The Morgan fingerprint density at radius 3 is 2.96 bits per heavy atom. The maximum absolute atomic E-state index is 14.3. The van der Waals surface area contributed by atoms with Crippen molar-refractivity contribution in [3.63, 3.8) is 0 Å². The number of anilines is 2. The first kappa shape index (κ1) is 18.1. The molecule has 1 aliphatic rings. The van der Waals surface area contributed by atoms with Crippen LogP contribution in [0.4, 0.5) is 15.9 Å². The number of ether oxygens (including phenoxy) is 1. The lowest BCUT2D eigenvalue weighted by Gasteiger charge is -2.14. The van der Waals surface area contributed by atoms with E-state index in [9.17, 15) is 9.18 Å². The molecule has 7 nitrogen and oxygen atoms in total. The van der Waals surface area contributed by atoms with Crippen LogP contribution in [-0.4, -0.2) is 34.5 Å². The van der Waals surface area contributed by atoms with E-state index in [0.717, 1.165) is 0 Å². The van der Waals surface area contributed by atoms with Crippen LogP contribution in [0, 0.1) is 5.82 Å². The zero-order valence-electron chi connectivity index (χ0n) is 14.8. The molecule has 0 aliphatic carbocycles. The Morgan fingerprint density at radius 2 is 2.14 bits per heavy atom. The number of nitrogens with one attached hydrogen (secondary N) is 2. The van der Waals surface area contributed by atoms with Gasteiger partial charge < -0.3 is 15.4 Å². The van der Waals surface area contributed by atoms with Gasteiger partial charge in [0, 0.05) is 30.9 Å². The molecule has 1 amide bonds. The Balaban J connectivity index is 1.82. The van der Waals surface area contributed by atoms with Gasteiger partial charge in [0.25, 0.3) is 5.91 Å². The second-order valence-corrected chi connectivity index (χ2v) is 6.46. The van der Waals surface area contributed by atoms with Crippen LogP contribution in [0.15, 0.2) is 36.7 Å². The van der Waals surface area contributed by atoms with E-state index in [0.29, 0.717) is 46.6 Å². The summed E-state index contributed by atoms with van der Waals surface area (Å²) in [5.41, 5.74) is 1.67. The molecule has 142 valence electrons. The molecule has 28 heavy (non-hydrogen) atoms. The van der Waals surface area contributed by atoms with Crippen molar-refractivity contribution in [1.29, 1.82) is 0 Å². The summed E-state index contributed by atoms with van der Waals surface area (Å²) in [6.45, 7) is 0.443. The van der Waals surface area contributed by atoms with Crippen LogP contribution in [0.5, 0.6) is 5.75 Å². The van der Waals surface area contributed by atoms with E-state index in [4.69, 9.17) is 16.3 Å². The summed E-state index contributed by atoms with van der Waals surface area (Å²) >= 11 is 6.01. The van der Waals surface area contributed by atoms with E-state index in [1.54, 1.807) is 12.3 Å².